The summed E-state index contributed by atoms with van der Waals surface area (Å²) < 4.78 is 13.6. The van der Waals surface area contributed by atoms with Crippen molar-refractivity contribution in [3.8, 4) is 0 Å². The van der Waals surface area contributed by atoms with Crippen LogP contribution in [-0.2, 0) is 4.79 Å². The number of nitrogens with zero attached hydrogens (tertiary/aromatic N) is 1. The molecule has 0 bridgehead atoms. The summed E-state index contributed by atoms with van der Waals surface area (Å²) in [5.74, 6) is -1.55. The molecule has 1 amide bonds. The van der Waals surface area contributed by atoms with E-state index in [9.17, 15) is 14.0 Å². The Balaban J connectivity index is 1.78. The van der Waals surface area contributed by atoms with Crippen molar-refractivity contribution in [1.29, 1.82) is 0 Å². The Morgan fingerprint density at radius 2 is 1.88 bits per heavy atom. The number of hydrogen-bond acceptors (Lipinski definition) is 3. The first-order chi connectivity index (χ1) is 11.6. The number of aromatic nitrogens is 1. The van der Waals surface area contributed by atoms with Crippen LogP contribution in [0.5, 0.6) is 0 Å². The average molecular weight is 332 g/mol. The van der Waals surface area contributed by atoms with Gasteiger partial charge < -0.3 is 10.4 Å². The summed E-state index contributed by atoms with van der Waals surface area (Å²) in [4.78, 5) is 26.8. The molecule has 24 heavy (non-hydrogen) atoms. The molecule has 0 fully saturated rings. The summed E-state index contributed by atoms with van der Waals surface area (Å²) in [5, 5.41) is 11.9. The summed E-state index contributed by atoms with van der Waals surface area (Å²) in [6.45, 7) is 0.503. The largest absolute Gasteiger partial charge is 0.481 e. The van der Waals surface area contributed by atoms with Gasteiger partial charge in [0.1, 0.15) is 5.82 Å². The van der Waals surface area contributed by atoms with Crippen molar-refractivity contribution < 1.29 is 19.1 Å². The summed E-state index contributed by atoms with van der Waals surface area (Å²) in [7, 11) is 0. The molecule has 1 heterocycles. The van der Waals surface area contributed by atoms with Crippen LogP contribution in [0.2, 0.25) is 0 Å². The van der Waals surface area contributed by atoms with Gasteiger partial charge in [-0.3, -0.25) is 14.6 Å². The number of hydrogen-bond donors (Lipinski definition) is 2. The van der Waals surface area contributed by atoms with Gasteiger partial charge in [-0.2, -0.15) is 0 Å². The van der Waals surface area contributed by atoms with Crippen LogP contribution in [0.1, 0.15) is 48.9 Å². The van der Waals surface area contributed by atoms with E-state index in [1.54, 1.807) is 18.3 Å². The Hall–Kier alpha value is -2.50. The second-order valence-electron chi connectivity index (χ2n) is 5.70. The molecule has 1 aromatic carbocycles. The number of carboxylic acids is 1. The zero-order chi connectivity index (χ0) is 17.4. The summed E-state index contributed by atoms with van der Waals surface area (Å²) in [6.07, 6.45) is 6.00. The Bertz CT molecular complexity index is 718. The highest BCUT2D eigenvalue weighted by Crippen LogP contribution is 2.18. The number of benzene rings is 1. The van der Waals surface area contributed by atoms with Crippen molar-refractivity contribution >= 4 is 22.8 Å². The normalized spacial score (nSPS) is 10.7. The monoisotopic (exact) mass is 332 g/mol. The zero-order valence-corrected chi connectivity index (χ0v) is 13.4. The van der Waals surface area contributed by atoms with E-state index in [0.717, 1.165) is 25.7 Å². The number of nitrogens with one attached hydrogen (secondary N) is 1. The van der Waals surface area contributed by atoms with E-state index in [4.69, 9.17) is 5.11 Å². The number of fused-ring (bicyclic) bond motifs is 1. The lowest BCUT2D eigenvalue weighted by atomic mass is 10.1. The predicted octanol–water partition coefficient (Wildman–Crippen LogP) is 3.53. The van der Waals surface area contributed by atoms with Crippen LogP contribution in [0.15, 0.2) is 30.5 Å². The minimum Gasteiger partial charge on any atom is -0.481 e. The van der Waals surface area contributed by atoms with Crippen LogP contribution in [0, 0.1) is 5.82 Å². The highest BCUT2D eigenvalue weighted by Gasteiger charge is 2.12. The standard InChI is InChI=1S/C18H21FN2O3/c19-14-11-13-7-6-10-20-17(13)15(12-14)18(24)21-9-5-3-1-2-4-8-16(22)23/h6-7,10-12H,1-5,8-9H2,(H,21,24)(H,22,23). The third-order valence-electron chi connectivity index (χ3n) is 3.77. The van der Waals surface area contributed by atoms with Crippen molar-refractivity contribution in [2.75, 3.05) is 6.54 Å². The SMILES string of the molecule is O=C(O)CCCCCCCNC(=O)c1cc(F)cc2cccnc12. The Labute approximate surface area is 139 Å². The fourth-order valence-corrected chi connectivity index (χ4v) is 2.56. The molecule has 2 aromatic rings. The second-order valence-corrected chi connectivity index (χ2v) is 5.70. The summed E-state index contributed by atoms with van der Waals surface area (Å²) in [6, 6.07) is 5.99. The highest BCUT2D eigenvalue weighted by atomic mass is 19.1. The first kappa shape index (κ1) is 17.8. The van der Waals surface area contributed by atoms with Crippen LogP contribution in [0.3, 0.4) is 0 Å². The van der Waals surface area contributed by atoms with Gasteiger partial charge in [0.25, 0.3) is 5.91 Å². The number of amides is 1. The van der Waals surface area contributed by atoms with E-state index in [1.165, 1.54) is 12.1 Å². The fourth-order valence-electron chi connectivity index (χ4n) is 2.56. The molecule has 5 nitrogen and oxygen atoms in total. The molecule has 2 N–H and O–H groups in total. The number of carbonyl (C=O) groups is 2. The van der Waals surface area contributed by atoms with Crippen LogP contribution < -0.4 is 5.32 Å². The molecule has 1 aromatic heterocycles. The number of unbranched alkanes of at least 4 members (excludes halogenated alkanes) is 4. The van der Waals surface area contributed by atoms with E-state index >= 15 is 0 Å². The van der Waals surface area contributed by atoms with E-state index in [-0.39, 0.29) is 17.9 Å². The van der Waals surface area contributed by atoms with Crippen molar-refractivity contribution in [3.63, 3.8) is 0 Å². The molecular formula is C18H21FN2O3. The molecule has 0 unspecified atom stereocenters. The smallest absolute Gasteiger partial charge is 0.303 e. The van der Waals surface area contributed by atoms with Gasteiger partial charge >= 0.3 is 5.97 Å². The van der Waals surface area contributed by atoms with Crippen LogP contribution in [0.25, 0.3) is 10.9 Å². The van der Waals surface area contributed by atoms with Gasteiger partial charge in [0.15, 0.2) is 0 Å². The van der Waals surface area contributed by atoms with Crippen LogP contribution >= 0.6 is 0 Å². The van der Waals surface area contributed by atoms with Crippen molar-refractivity contribution in [2.45, 2.75) is 38.5 Å². The molecule has 0 atom stereocenters. The Kier molecular flexibility index (Phi) is 6.66. The molecule has 0 aliphatic carbocycles. The molecular weight excluding hydrogens is 311 g/mol. The molecule has 0 aliphatic heterocycles. The van der Waals surface area contributed by atoms with E-state index in [0.29, 0.717) is 23.9 Å². The van der Waals surface area contributed by atoms with Gasteiger partial charge in [-0.1, -0.05) is 25.3 Å². The van der Waals surface area contributed by atoms with Gasteiger partial charge in [-0.25, -0.2) is 4.39 Å². The maximum absolute atomic E-state index is 13.6. The molecule has 0 spiro atoms. The van der Waals surface area contributed by atoms with Gasteiger partial charge in [-0.05, 0) is 31.0 Å². The predicted molar refractivity (Wildman–Crippen MR) is 89.4 cm³/mol. The van der Waals surface area contributed by atoms with Crippen molar-refractivity contribution in [2.24, 2.45) is 0 Å². The summed E-state index contributed by atoms with van der Waals surface area (Å²) >= 11 is 0. The van der Waals surface area contributed by atoms with Gasteiger partial charge in [0.2, 0.25) is 0 Å². The van der Waals surface area contributed by atoms with E-state index in [2.05, 4.69) is 10.3 Å². The quantitative estimate of drug-likeness (QED) is 0.689. The maximum atomic E-state index is 13.6. The minimum atomic E-state index is -0.766. The highest BCUT2D eigenvalue weighted by molar-refractivity contribution is 6.05. The molecule has 0 saturated carbocycles. The zero-order valence-electron chi connectivity index (χ0n) is 13.4. The summed E-state index contributed by atoms with van der Waals surface area (Å²) in [5.41, 5.74) is 0.733. The van der Waals surface area contributed by atoms with Crippen molar-refractivity contribution in [1.82, 2.24) is 10.3 Å². The number of rotatable bonds is 9. The number of pyridine rings is 1. The van der Waals surface area contributed by atoms with E-state index in [1.807, 2.05) is 0 Å². The molecule has 6 heteroatoms. The lowest BCUT2D eigenvalue weighted by Gasteiger charge is -2.08. The average Bonchev–Trinajstić information content (AvgIpc) is 2.56. The molecule has 2 rings (SSSR count). The molecule has 0 saturated heterocycles. The number of carbonyl (C=O) groups excluding carboxylic acids is 1. The Morgan fingerprint density at radius 1 is 1.12 bits per heavy atom. The first-order valence-corrected chi connectivity index (χ1v) is 8.12. The fraction of sp³-hybridized carbons (Fsp3) is 0.389. The topological polar surface area (TPSA) is 79.3 Å². The van der Waals surface area contributed by atoms with Crippen LogP contribution in [-0.4, -0.2) is 28.5 Å². The molecule has 0 aliphatic rings. The first-order valence-electron chi connectivity index (χ1n) is 8.12. The third kappa shape index (κ3) is 5.30. The number of carboxylic acid groups (broad SMARTS) is 1. The van der Waals surface area contributed by atoms with Gasteiger partial charge in [-0.15, -0.1) is 0 Å². The van der Waals surface area contributed by atoms with Crippen molar-refractivity contribution in [3.05, 3.63) is 41.8 Å². The number of aliphatic carboxylic acids is 1. The van der Waals surface area contributed by atoms with Gasteiger partial charge in [0.05, 0.1) is 11.1 Å². The Morgan fingerprint density at radius 3 is 2.67 bits per heavy atom. The molecule has 0 radical (unpaired) electrons. The number of halogens is 1. The minimum absolute atomic E-state index is 0.205. The van der Waals surface area contributed by atoms with Gasteiger partial charge in [0, 0.05) is 24.5 Å². The van der Waals surface area contributed by atoms with Crippen LogP contribution in [0.4, 0.5) is 4.39 Å². The maximum Gasteiger partial charge on any atom is 0.303 e. The molecule has 128 valence electrons. The second kappa shape index (κ2) is 8.96. The third-order valence-corrected chi connectivity index (χ3v) is 3.77. The van der Waals surface area contributed by atoms with E-state index < -0.39 is 11.8 Å². The lowest BCUT2D eigenvalue weighted by Crippen LogP contribution is -2.25. The lowest BCUT2D eigenvalue weighted by molar-refractivity contribution is -0.137.